The molecule has 0 aliphatic carbocycles. The summed E-state index contributed by atoms with van der Waals surface area (Å²) in [4.78, 5) is 29.6. The standard InChI is InChI=1S/C27H23FN4O2S/c1-17-14-20(12-13-21(17)28)29-25(33)16-24-26(34)30-27(35-24)32-23(19-10-6-3-7-11-19)15-22(31-32)18-8-4-2-5-9-18/h2-14,23-24H,15-16H2,1H3,(H,29,33)/t23-,24-/m0/s1. The largest absolute Gasteiger partial charge is 0.326 e. The van der Waals surface area contributed by atoms with Crippen LogP contribution in [-0.2, 0) is 9.59 Å². The van der Waals surface area contributed by atoms with E-state index in [-0.39, 0.29) is 30.1 Å². The van der Waals surface area contributed by atoms with Crippen LogP contribution in [0.15, 0.2) is 89.0 Å². The molecule has 2 amide bonds. The number of hydrazone groups is 1. The number of anilines is 1. The Morgan fingerprint density at radius 2 is 1.80 bits per heavy atom. The first kappa shape index (κ1) is 23.0. The van der Waals surface area contributed by atoms with Gasteiger partial charge in [-0.1, -0.05) is 72.4 Å². The van der Waals surface area contributed by atoms with E-state index in [1.54, 1.807) is 13.0 Å². The molecule has 6 nitrogen and oxygen atoms in total. The van der Waals surface area contributed by atoms with Crippen molar-refractivity contribution in [3.63, 3.8) is 0 Å². The number of aryl methyl sites for hydroxylation is 1. The fourth-order valence-corrected chi connectivity index (χ4v) is 5.20. The first-order valence-electron chi connectivity index (χ1n) is 11.3. The number of halogens is 1. The van der Waals surface area contributed by atoms with Gasteiger partial charge in [0.05, 0.1) is 11.8 Å². The SMILES string of the molecule is Cc1cc(NC(=O)C[C@@H]2SC(N3N=C(c4ccccc4)C[C@H]3c3ccccc3)=NC2=O)ccc1F. The molecule has 0 radical (unpaired) electrons. The Kier molecular flexibility index (Phi) is 6.46. The van der Waals surface area contributed by atoms with E-state index in [0.29, 0.717) is 22.8 Å². The van der Waals surface area contributed by atoms with Crippen LogP contribution in [0.25, 0.3) is 0 Å². The lowest BCUT2D eigenvalue weighted by Crippen LogP contribution is -2.25. The molecule has 0 saturated heterocycles. The highest BCUT2D eigenvalue weighted by molar-refractivity contribution is 8.15. The first-order chi connectivity index (χ1) is 17.0. The van der Waals surface area contributed by atoms with Crippen LogP contribution < -0.4 is 5.32 Å². The van der Waals surface area contributed by atoms with Gasteiger partial charge in [-0.25, -0.2) is 9.40 Å². The maximum atomic E-state index is 13.5. The number of nitrogens with one attached hydrogen (secondary N) is 1. The van der Waals surface area contributed by atoms with Gasteiger partial charge in [0.15, 0.2) is 5.17 Å². The topological polar surface area (TPSA) is 74.1 Å². The Morgan fingerprint density at radius 1 is 1.09 bits per heavy atom. The highest BCUT2D eigenvalue weighted by Crippen LogP contribution is 2.38. The third-order valence-electron chi connectivity index (χ3n) is 5.94. The van der Waals surface area contributed by atoms with E-state index in [2.05, 4.69) is 10.3 Å². The third kappa shape index (κ3) is 5.02. The second-order valence-electron chi connectivity index (χ2n) is 8.44. The zero-order chi connectivity index (χ0) is 24.4. The molecule has 35 heavy (non-hydrogen) atoms. The molecule has 8 heteroatoms. The van der Waals surface area contributed by atoms with Crippen molar-refractivity contribution < 1.29 is 14.0 Å². The molecule has 2 aliphatic heterocycles. The van der Waals surface area contributed by atoms with Crippen LogP contribution in [0.3, 0.4) is 0 Å². The lowest BCUT2D eigenvalue weighted by Gasteiger charge is -2.23. The highest BCUT2D eigenvalue weighted by atomic mass is 32.2. The van der Waals surface area contributed by atoms with E-state index >= 15 is 0 Å². The summed E-state index contributed by atoms with van der Waals surface area (Å²) in [6.45, 7) is 1.63. The van der Waals surface area contributed by atoms with Gasteiger partial charge in [0, 0.05) is 18.5 Å². The highest BCUT2D eigenvalue weighted by Gasteiger charge is 2.39. The number of hydrogen-bond acceptors (Lipinski definition) is 5. The molecule has 0 unspecified atom stereocenters. The van der Waals surface area contributed by atoms with Crippen molar-refractivity contribution in [2.75, 3.05) is 5.32 Å². The van der Waals surface area contributed by atoms with E-state index < -0.39 is 5.25 Å². The molecular weight excluding hydrogens is 463 g/mol. The van der Waals surface area contributed by atoms with E-state index in [0.717, 1.165) is 16.8 Å². The number of amidine groups is 1. The number of carbonyl (C=O) groups excluding carboxylic acids is 2. The van der Waals surface area contributed by atoms with Crippen molar-refractivity contribution in [2.24, 2.45) is 10.1 Å². The molecule has 3 aromatic rings. The number of nitrogens with zero attached hydrogens (tertiary/aromatic N) is 3. The van der Waals surface area contributed by atoms with E-state index in [4.69, 9.17) is 5.10 Å². The van der Waals surface area contributed by atoms with Gasteiger partial charge in [0.1, 0.15) is 11.1 Å². The second-order valence-corrected chi connectivity index (χ2v) is 9.61. The minimum Gasteiger partial charge on any atom is -0.326 e. The van der Waals surface area contributed by atoms with Crippen LogP contribution in [0.1, 0.15) is 35.6 Å². The number of amides is 2. The van der Waals surface area contributed by atoms with Crippen molar-refractivity contribution in [1.82, 2.24) is 5.01 Å². The molecule has 0 spiro atoms. The number of rotatable bonds is 5. The number of aliphatic imine (C=N–C) groups is 1. The second kappa shape index (κ2) is 9.84. The Labute approximate surface area is 207 Å². The quantitative estimate of drug-likeness (QED) is 0.530. The van der Waals surface area contributed by atoms with Crippen LogP contribution in [0.5, 0.6) is 0 Å². The molecule has 176 valence electrons. The molecule has 0 saturated carbocycles. The van der Waals surface area contributed by atoms with Gasteiger partial charge >= 0.3 is 0 Å². The number of hydrogen-bond donors (Lipinski definition) is 1. The minimum absolute atomic E-state index is 0.0357. The summed E-state index contributed by atoms with van der Waals surface area (Å²) in [5, 5.41) is 9.24. The van der Waals surface area contributed by atoms with Crippen molar-refractivity contribution in [3.8, 4) is 0 Å². The smallest absolute Gasteiger partial charge is 0.262 e. The lowest BCUT2D eigenvalue weighted by molar-refractivity contribution is -0.121. The van der Waals surface area contributed by atoms with Gasteiger partial charge in [-0.2, -0.15) is 10.1 Å². The molecule has 2 heterocycles. The molecule has 3 aromatic carbocycles. The summed E-state index contributed by atoms with van der Waals surface area (Å²) in [5.74, 6) is -1.02. The Balaban J connectivity index is 1.32. The van der Waals surface area contributed by atoms with Crippen molar-refractivity contribution >= 4 is 40.1 Å². The van der Waals surface area contributed by atoms with Crippen molar-refractivity contribution in [2.45, 2.75) is 31.1 Å². The molecule has 5 rings (SSSR count). The van der Waals surface area contributed by atoms with Crippen LogP contribution in [-0.4, -0.2) is 33.0 Å². The molecule has 0 bridgehead atoms. The lowest BCUT2D eigenvalue weighted by atomic mass is 9.99. The summed E-state index contributed by atoms with van der Waals surface area (Å²) < 4.78 is 13.5. The van der Waals surface area contributed by atoms with Crippen LogP contribution in [0.2, 0.25) is 0 Å². The molecule has 2 aliphatic rings. The predicted octanol–water partition coefficient (Wildman–Crippen LogP) is 5.31. The maximum Gasteiger partial charge on any atom is 0.262 e. The summed E-state index contributed by atoms with van der Waals surface area (Å²) in [6, 6.07) is 24.2. The average molecular weight is 487 g/mol. The Hall–Kier alpha value is -3.78. The Morgan fingerprint density at radius 3 is 2.51 bits per heavy atom. The van der Waals surface area contributed by atoms with Gasteiger partial charge in [-0.3, -0.25) is 9.59 Å². The van der Waals surface area contributed by atoms with Gasteiger partial charge in [-0.15, -0.1) is 0 Å². The molecular formula is C27H23FN4O2S. The van der Waals surface area contributed by atoms with Gasteiger partial charge in [0.25, 0.3) is 5.91 Å². The van der Waals surface area contributed by atoms with Gasteiger partial charge in [0.2, 0.25) is 5.91 Å². The maximum absolute atomic E-state index is 13.5. The normalized spacial score (nSPS) is 19.5. The number of carbonyl (C=O) groups is 2. The van der Waals surface area contributed by atoms with Crippen molar-refractivity contribution in [1.29, 1.82) is 0 Å². The molecule has 1 N–H and O–H groups in total. The summed E-state index contributed by atoms with van der Waals surface area (Å²) in [6.07, 6.45) is 0.642. The predicted molar refractivity (Wildman–Crippen MR) is 137 cm³/mol. The number of thioether (sulfide) groups is 1. The number of benzene rings is 3. The zero-order valence-electron chi connectivity index (χ0n) is 19.0. The van der Waals surface area contributed by atoms with E-state index in [1.165, 1.54) is 23.9 Å². The monoisotopic (exact) mass is 486 g/mol. The summed E-state index contributed by atoms with van der Waals surface area (Å²) in [5.41, 5.74) is 3.95. The minimum atomic E-state index is -0.640. The molecule has 2 atom stereocenters. The average Bonchev–Trinajstić information content (AvgIpc) is 3.47. The van der Waals surface area contributed by atoms with Crippen LogP contribution >= 0.6 is 11.8 Å². The summed E-state index contributed by atoms with van der Waals surface area (Å²) >= 11 is 1.25. The fraction of sp³-hybridized carbons (Fsp3) is 0.185. The molecule has 0 aromatic heterocycles. The van der Waals surface area contributed by atoms with Crippen LogP contribution in [0, 0.1) is 12.7 Å². The van der Waals surface area contributed by atoms with Crippen LogP contribution in [0.4, 0.5) is 10.1 Å². The van der Waals surface area contributed by atoms with Gasteiger partial charge < -0.3 is 5.32 Å². The summed E-state index contributed by atoms with van der Waals surface area (Å²) in [7, 11) is 0. The fourth-order valence-electron chi connectivity index (χ4n) is 4.13. The van der Waals surface area contributed by atoms with Crippen molar-refractivity contribution in [3.05, 3.63) is 101 Å². The first-order valence-corrected chi connectivity index (χ1v) is 12.2. The van der Waals surface area contributed by atoms with Gasteiger partial charge in [-0.05, 0) is 41.8 Å². The zero-order valence-corrected chi connectivity index (χ0v) is 19.8. The third-order valence-corrected chi connectivity index (χ3v) is 7.08. The van der Waals surface area contributed by atoms with E-state index in [1.807, 2.05) is 65.7 Å². The molecule has 0 fully saturated rings. The van der Waals surface area contributed by atoms with E-state index in [9.17, 15) is 14.0 Å². The Bertz CT molecular complexity index is 1330.